The van der Waals surface area contributed by atoms with Crippen molar-refractivity contribution in [3.63, 3.8) is 0 Å². The van der Waals surface area contributed by atoms with Crippen LogP contribution >= 0.6 is 0 Å². The van der Waals surface area contributed by atoms with Crippen molar-refractivity contribution >= 4 is 11.9 Å². The first-order valence-electron chi connectivity index (χ1n) is 4.24. The minimum absolute atomic E-state index is 0.879. The number of aliphatic imine (C=N–C) groups is 1. The number of likely N-dealkylation sites (N-methyl/N-ethyl adjacent to an activating group) is 1. The van der Waals surface area contributed by atoms with Gasteiger partial charge in [0.15, 0.2) is 0 Å². The average molecular weight is 174 g/mol. The third kappa shape index (κ3) is 3.11. The number of rotatable bonds is 2. The van der Waals surface area contributed by atoms with Crippen molar-refractivity contribution in [3.05, 3.63) is 42.0 Å². The topological polar surface area (TPSA) is 24.4 Å². The maximum Gasteiger partial charge on any atom is 0.120 e. The highest BCUT2D eigenvalue weighted by atomic mass is 14.9. The summed E-state index contributed by atoms with van der Waals surface area (Å²) in [4.78, 5) is 4.04. The van der Waals surface area contributed by atoms with Crippen molar-refractivity contribution < 1.29 is 0 Å². The van der Waals surface area contributed by atoms with Gasteiger partial charge in [-0.2, -0.15) is 0 Å². The molecule has 2 nitrogen and oxygen atoms in total. The molecule has 0 fully saturated rings. The van der Waals surface area contributed by atoms with Gasteiger partial charge in [-0.1, -0.05) is 36.4 Å². The van der Waals surface area contributed by atoms with Gasteiger partial charge >= 0.3 is 0 Å². The van der Waals surface area contributed by atoms with E-state index in [0.29, 0.717) is 0 Å². The molecular weight excluding hydrogens is 160 g/mol. The molecule has 68 valence electrons. The molecular formula is C11H14N2. The molecule has 2 heteroatoms. The molecule has 0 spiro atoms. The molecule has 0 amide bonds. The highest BCUT2D eigenvalue weighted by Crippen LogP contribution is 2.00. The van der Waals surface area contributed by atoms with Crippen molar-refractivity contribution in [2.24, 2.45) is 4.99 Å². The van der Waals surface area contributed by atoms with Gasteiger partial charge in [-0.15, -0.1) is 0 Å². The number of hydrogen-bond acceptors (Lipinski definition) is 1. The Bertz CT molecular complexity index is 299. The average Bonchev–Trinajstić information content (AvgIpc) is 2.21. The van der Waals surface area contributed by atoms with Gasteiger partial charge in [-0.05, 0) is 11.6 Å². The zero-order valence-electron chi connectivity index (χ0n) is 7.99. The maximum absolute atomic E-state index is 4.04. The first-order valence-corrected chi connectivity index (χ1v) is 4.24. The molecule has 0 radical (unpaired) electrons. The molecule has 1 N–H and O–H groups in total. The SMILES string of the molecule is C/N=C(/C=C/c1ccccc1)NC. The summed E-state index contributed by atoms with van der Waals surface area (Å²) in [6, 6.07) is 10.1. The fourth-order valence-corrected chi connectivity index (χ4v) is 1.01. The maximum atomic E-state index is 4.04. The highest BCUT2D eigenvalue weighted by molar-refractivity contribution is 5.96. The summed E-state index contributed by atoms with van der Waals surface area (Å²) in [6.45, 7) is 0. The summed E-state index contributed by atoms with van der Waals surface area (Å²) < 4.78 is 0. The van der Waals surface area contributed by atoms with Crippen LogP contribution in [0.4, 0.5) is 0 Å². The fraction of sp³-hybridized carbons (Fsp3) is 0.182. The lowest BCUT2D eigenvalue weighted by Crippen LogP contribution is -2.14. The van der Waals surface area contributed by atoms with Crippen LogP contribution < -0.4 is 5.32 Å². The Labute approximate surface area is 79.0 Å². The van der Waals surface area contributed by atoms with E-state index in [1.165, 1.54) is 5.56 Å². The first-order chi connectivity index (χ1) is 6.36. The Morgan fingerprint density at radius 3 is 2.54 bits per heavy atom. The quantitative estimate of drug-likeness (QED) is 0.538. The summed E-state index contributed by atoms with van der Waals surface area (Å²) >= 11 is 0. The number of nitrogens with one attached hydrogen (secondary N) is 1. The summed E-state index contributed by atoms with van der Waals surface area (Å²) in [6.07, 6.45) is 3.98. The Kier molecular flexibility index (Phi) is 3.76. The van der Waals surface area contributed by atoms with Gasteiger partial charge < -0.3 is 5.32 Å². The third-order valence-electron chi connectivity index (χ3n) is 1.73. The van der Waals surface area contributed by atoms with Crippen LogP contribution in [-0.4, -0.2) is 19.9 Å². The van der Waals surface area contributed by atoms with Crippen LogP contribution in [0.25, 0.3) is 6.08 Å². The Morgan fingerprint density at radius 2 is 2.00 bits per heavy atom. The van der Waals surface area contributed by atoms with Gasteiger partial charge in [0.25, 0.3) is 0 Å². The lowest BCUT2D eigenvalue weighted by Gasteiger charge is -1.96. The predicted octanol–water partition coefficient (Wildman–Crippen LogP) is 1.95. The van der Waals surface area contributed by atoms with E-state index in [0.717, 1.165) is 5.84 Å². The number of hydrogen-bond donors (Lipinski definition) is 1. The van der Waals surface area contributed by atoms with E-state index in [2.05, 4.69) is 22.4 Å². The minimum Gasteiger partial charge on any atom is -0.373 e. The molecule has 0 saturated carbocycles. The van der Waals surface area contributed by atoms with Gasteiger partial charge in [0.2, 0.25) is 0 Å². The van der Waals surface area contributed by atoms with E-state index in [1.807, 2.05) is 37.4 Å². The largest absolute Gasteiger partial charge is 0.373 e. The van der Waals surface area contributed by atoms with Gasteiger partial charge in [-0.3, -0.25) is 4.99 Å². The second-order valence-electron chi connectivity index (χ2n) is 2.60. The molecule has 1 aromatic rings. The van der Waals surface area contributed by atoms with E-state index in [-0.39, 0.29) is 0 Å². The fourth-order valence-electron chi connectivity index (χ4n) is 1.01. The molecule has 0 saturated heterocycles. The lowest BCUT2D eigenvalue weighted by molar-refractivity contribution is 1.16. The summed E-state index contributed by atoms with van der Waals surface area (Å²) in [5, 5.41) is 2.99. The molecule has 1 aromatic carbocycles. The Morgan fingerprint density at radius 1 is 1.31 bits per heavy atom. The Balaban J connectivity index is 2.69. The van der Waals surface area contributed by atoms with Gasteiger partial charge in [0.05, 0.1) is 0 Å². The van der Waals surface area contributed by atoms with Crippen LogP contribution in [0.2, 0.25) is 0 Å². The molecule has 0 heterocycles. The molecule has 0 aliphatic carbocycles. The molecule has 0 atom stereocenters. The van der Waals surface area contributed by atoms with Gasteiger partial charge in [-0.25, -0.2) is 0 Å². The van der Waals surface area contributed by atoms with E-state index in [4.69, 9.17) is 0 Å². The lowest BCUT2D eigenvalue weighted by atomic mass is 10.2. The summed E-state index contributed by atoms with van der Waals surface area (Å²) in [5.74, 6) is 0.879. The smallest absolute Gasteiger partial charge is 0.120 e. The van der Waals surface area contributed by atoms with E-state index >= 15 is 0 Å². The van der Waals surface area contributed by atoms with Crippen LogP contribution in [0.3, 0.4) is 0 Å². The number of amidine groups is 1. The molecule has 0 unspecified atom stereocenters. The second kappa shape index (κ2) is 5.14. The van der Waals surface area contributed by atoms with E-state index in [9.17, 15) is 0 Å². The van der Waals surface area contributed by atoms with Crippen molar-refractivity contribution in [2.45, 2.75) is 0 Å². The van der Waals surface area contributed by atoms with Crippen LogP contribution in [0, 0.1) is 0 Å². The highest BCUT2D eigenvalue weighted by Gasteiger charge is 1.86. The van der Waals surface area contributed by atoms with E-state index in [1.54, 1.807) is 7.05 Å². The standard InChI is InChI=1S/C11H14N2/c1-12-11(13-2)9-8-10-6-4-3-5-7-10/h3-9H,1-2H3,(H,12,13)/b9-8+. The normalized spacial score (nSPS) is 12.0. The van der Waals surface area contributed by atoms with Crippen molar-refractivity contribution in [2.75, 3.05) is 14.1 Å². The van der Waals surface area contributed by atoms with E-state index < -0.39 is 0 Å². The zero-order chi connectivity index (χ0) is 9.52. The van der Waals surface area contributed by atoms with Crippen LogP contribution in [0.5, 0.6) is 0 Å². The number of benzene rings is 1. The monoisotopic (exact) mass is 174 g/mol. The third-order valence-corrected chi connectivity index (χ3v) is 1.73. The van der Waals surface area contributed by atoms with Crippen LogP contribution in [0.15, 0.2) is 41.4 Å². The predicted molar refractivity (Wildman–Crippen MR) is 57.9 cm³/mol. The Hall–Kier alpha value is -1.57. The molecule has 0 aliphatic rings. The second-order valence-corrected chi connectivity index (χ2v) is 2.60. The zero-order valence-corrected chi connectivity index (χ0v) is 7.99. The van der Waals surface area contributed by atoms with Crippen molar-refractivity contribution in [1.82, 2.24) is 5.32 Å². The van der Waals surface area contributed by atoms with Gasteiger partial charge in [0.1, 0.15) is 5.84 Å². The molecule has 13 heavy (non-hydrogen) atoms. The minimum atomic E-state index is 0.879. The van der Waals surface area contributed by atoms with Crippen LogP contribution in [0.1, 0.15) is 5.56 Å². The number of nitrogens with zero attached hydrogens (tertiary/aromatic N) is 1. The van der Waals surface area contributed by atoms with Crippen LogP contribution in [-0.2, 0) is 0 Å². The first kappa shape index (κ1) is 9.52. The van der Waals surface area contributed by atoms with Crippen molar-refractivity contribution in [1.29, 1.82) is 0 Å². The van der Waals surface area contributed by atoms with Gasteiger partial charge in [0, 0.05) is 14.1 Å². The molecule has 0 aromatic heterocycles. The molecule has 0 bridgehead atoms. The summed E-state index contributed by atoms with van der Waals surface area (Å²) in [5.41, 5.74) is 1.18. The molecule has 0 aliphatic heterocycles. The summed E-state index contributed by atoms with van der Waals surface area (Å²) in [7, 11) is 3.62. The molecule has 1 rings (SSSR count). The van der Waals surface area contributed by atoms with Crippen molar-refractivity contribution in [3.8, 4) is 0 Å².